The van der Waals surface area contributed by atoms with Crippen LogP contribution >= 0.6 is 0 Å². The highest BCUT2D eigenvalue weighted by atomic mass is 19.1. The minimum absolute atomic E-state index is 0.0512. The highest BCUT2D eigenvalue weighted by Gasteiger charge is 2.29. The Balaban J connectivity index is 0.744. The van der Waals surface area contributed by atoms with E-state index in [0.717, 1.165) is 87.0 Å². The van der Waals surface area contributed by atoms with E-state index in [1.807, 2.05) is 39.1 Å². The summed E-state index contributed by atoms with van der Waals surface area (Å²) in [6.45, 7) is 10.8. The zero-order chi connectivity index (χ0) is 44.5. The van der Waals surface area contributed by atoms with Crippen molar-refractivity contribution in [3.63, 3.8) is 0 Å². The lowest BCUT2D eigenvalue weighted by Gasteiger charge is -2.36. The van der Waals surface area contributed by atoms with Gasteiger partial charge in [-0.15, -0.1) is 0 Å². The SMILES string of the molecule is CC(C)(C)c1noc(C(=O)NCc2ccc(-c3[nH]nc4ncc(-c5ccc(C6CCN(CCC7CCN(c8ccc(N9CCC(=O)NC9=O)c(F)c8)CC7)CC6)cc5)cc34)cc2F)n1. The molecule has 0 bridgehead atoms. The number of H-pyrrole nitrogens is 1. The highest BCUT2D eigenvalue weighted by molar-refractivity contribution is 6.05. The van der Waals surface area contributed by atoms with Crippen LogP contribution in [0.3, 0.4) is 0 Å². The zero-order valence-electron chi connectivity index (χ0n) is 36.3. The molecule has 0 spiro atoms. The summed E-state index contributed by atoms with van der Waals surface area (Å²) in [4.78, 5) is 51.2. The Bertz CT molecular complexity index is 2680. The number of nitrogens with one attached hydrogen (secondary N) is 3. The van der Waals surface area contributed by atoms with E-state index in [1.54, 1.807) is 18.2 Å². The minimum atomic E-state index is -0.584. The second-order valence-electron chi connectivity index (χ2n) is 18.2. The normalized spacial score (nSPS) is 17.0. The van der Waals surface area contributed by atoms with Gasteiger partial charge in [0.25, 0.3) is 0 Å². The molecule has 3 fully saturated rings. The Morgan fingerprint density at radius 2 is 1.64 bits per heavy atom. The Hall–Kier alpha value is -6.55. The molecular formula is C48H52F2N10O4. The van der Waals surface area contributed by atoms with Crippen molar-refractivity contribution >= 4 is 40.3 Å². The number of amides is 4. The van der Waals surface area contributed by atoms with E-state index in [9.17, 15) is 14.4 Å². The first-order valence-electron chi connectivity index (χ1n) is 22.1. The molecule has 3 saturated heterocycles. The summed E-state index contributed by atoms with van der Waals surface area (Å²) in [5, 5.41) is 17.0. The fraction of sp³-hybridized carbons (Fsp3) is 0.396. The van der Waals surface area contributed by atoms with Gasteiger partial charge in [-0.3, -0.25) is 24.9 Å². The molecule has 14 nitrogen and oxygen atoms in total. The molecule has 3 aromatic heterocycles. The molecule has 3 N–H and O–H groups in total. The predicted molar refractivity (Wildman–Crippen MR) is 239 cm³/mol. The van der Waals surface area contributed by atoms with Crippen molar-refractivity contribution in [1.29, 1.82) is 0 Å². The third kappa shape index (κ3) is 9.23. The van der Waals surface area contributed by atoms with Crippen LogP contribution < -0.4 is 20.4 Å². The number of imide groups is 1. The van der Waals surface area contributed by atoms with Crippen LogP contribution in [0.2, 0.25) is 0 Å². The van der Waals surface area contributed by atoms with Gasteiger partial charge >= 0.3 is 17.8 Å². The van der Waals surface area contributed by atoms with Gasteiger partial charge in [0.2, 0.25) is 5.91 Å². The van der Waals surface area contributed by atoms with Crippen molar-refractivity contribution in [2.45, 2.75) is 77.2 Å². The Morgan fingerprint density at radius 1 is 0.875 bits per heavy atom. The second-order valence-corrected chi connectivity index (χ2v) is 18.2. The molecule has 3 aromatic carbocycles. The number of carbonyl (C=O) groups is 3. The smallest absolute Gasteiger partial charge is 0.328 e. The number of anilines is 2. The Labute approximate surface area is 369 Å². The van der Waals surface area contributed by atoms with Crippen LogP contribution in [-0.4, -0.2) is 87.3 Å². The molecule has 16 heteroatoms. The Morgan fingerprint density at radius 3 is 2.34 bits per heavy atom. The first-order chi connectivity index (χ1) is 30.9. The number of halogens is 2. The number of nitrogens with zero attached hydrogens (tertiary/aromatic N) is 7. The number of benzene rings is 3. The third-order valence-electron chi connectivity index (χ3n) is 12.9. The van der Waals surface area contributed by atoms with E-state index >= 15 is 8.78 Å². The fourth-order valence-corrected chi connectivity index (χ4v) is 8.98. The number of hydrogen-bond donors (Lipinski definition) is 3. The summed E-state index contributed by atoms with van der Waals surface area (Å²) in [5.74, 6) is -0.467. The van der Waals surface area contributed by atoms with Gasteiger partial charge in [-0.1, -0.05) is 62.3 Å². The fourth-order valence-electron chi connectivity index (χ4n) is 8.98. The molecule has 0 atom stereocenters. The molecular weight excluding hydrogens is 819 g/mol. The van der Waals surface area contributed by atoms with Gasteiger partial charge in [0.05, 0.1) is 11.4 Å². The molecule has 4 amide bonds. The zero-order valence-corrected chi connectivity index (χ0v) is 36.3. The number of pyridine rings is 1. The van der Waals surface area contributed by atoms with Crippen LogP contribution in [0.5, 0.6) is 0 Å². The van der Waals surface area contributed by atoms with Crippen molar-refractivity contribution in [1.82, 2.24) is 40.9 Å². The molecule has 6 heterocycles. The first-order valence-corrected chi connectivity index (χ1v) is 22.1. The van der Waals surface area contributed by atoms with Crippen molar-refractivity contribution < 1.29 is 27.7 Å². The number of fused-ring (bicyclic) bond motifs is 1. The average molecular weight is 871 g/mol. The molecule has 64 heavy (non-hydrogen) atoms. The summed E-state index contributed by atoms with van der Waals surface area (Å²) in [7, 11) is 0. The maximum Gasteiger partial charge on any atom is 0.328 e. The van der Waals surface area contributed by atoms with Gasteiger partial charge in [0.1, 0.15) is 11.6 Å². The summed E-state index contributed by atoms with van der Waals surface area (Å²) in [5.41, 5.74) is 6.06. The van der Waals surface area contributed by atoms with Crippen molar-refractivity contribution in [2.75, 3.05) is 49.1 Å². The summed E-state index contributed by atoms with van der Waals surface area (Å²) >= 11 is 0. The Kier molecular flexibility index (Phi) is 12.0. The molecule has 6 aromatic rings. The molecule has 0 unspecified atom stereocenters. The highest BCUT2D eigenvalue weighted by Crippen LogP contribution is 2.34. The van der Waals surface area contributed by atoms with Crippen LogP contribution in [-0.2, 0) is 16.8 Å². The molecule has 0 aliphatic carbocycles. The van der Waals surface area contributed by atoms with Gasteiger partial charge in [-0.05, 0) is 105 Å². The quantitative estimate of drug-likeness (QED) is 0.116. The number of aromatic amines is 1. The number of likely N-dealkylation sites (tertiary alicyclic amines) is 1. The molecule has 3 aliphatic rings. The predicted octanol–water partition coefficient (Wildman–Crippen LogP) is 8.11. The molecule has 0 saturated carbocycles. The van der Waals surface area contributed by atoms with Crippen LogP contribution in [0, 0.1) is 17.6 Å². The lowest BCUT2D eigenvalue weighted by molar-refractivity contribution is -0.120. The van der Waals surface area contributed by atoms with Gasteiger partial charge in [0, 0.05) is 72.0 Å². The van der Waals surface area contributed by atoms with E-state index in [0.29, 0.717) is 40.1 Å². The molecule has 3 aliphatic heterocycles. The van der Waals surface area contributed by atoms with Gasteiger partial charge in [0.15, 0.2) is 11.5 Å². The van der Waals surface area contributed by atoms with Gasteiger partial charge in [-0.25, -0.2) is 18.6 Å². The van der Waals surface area contributed by atoms with Crippen molar-refractivity contribution in [2.24, 2.45) is 5.92 Å². The maximum atomic E-state index is 15.4. The lowest BCUT2D eigenvalue weighted by atomic mass is 9.88. The number of urea groups is 1. The third-order valence-corrected chi connectivity index (χ3v) is 12.9. The van der Waals surface area contributed by atoms with Crippen LogP contribution in [0.1, 0.15) is 92.9 Å². The monoisotopic (exact) mass is 870 g/mol. The van der Waals surface area contributed by atoms with Gasteiger partial charge < -0.3 is 19.6 Å². The standard InChI is InChI=1S/C48H52F2N10O4/c1-48(2,3)46-54-45(64-57-46)44(62)52-27-34-9-8-33(25-38(34)49)42-37-24-35(28-51-43(37)56-55-42)31-6-4-30(5-7-31)32-15-19-58(20-16-32)18-12-29-13-21-59(22-14-29)36-10-11-40(39(50)26-36)60-23-17-41(61)53-47(60)63/h4-11,24-26,28-29,32H,12-23,27H2,1-3H3,(H,52,62)(H,51,55,56)(H,53,61,63). The van der Waals surface area contributed by atoms with Crippen molar-refractivity contribution in [3.05, 3.63) is 107 Å². The first kappa shape index (κ1) is 42.7. The van der Waals surface area contributed by atoms with E-state index in [-0.39, 0.29) is 42.4 Å². The van der Waals surface area contributed by atoms with Crippen LogP contribution in [0.25, 0.3) is 33.4 Å². The van der Waals surface area contributed by atoms with Crippen molar-refractivity contribution in [3.8, 4) is 22.4 Å². The lowest BCUT2D eigenvalue weighted by Crippen LogP contribution is -2.49. The maximum absolute atomic E-state index is 15.4. The van der Waals surface area contributed by atoms with Gasteiger partial charge in [-0.2, -0.15) is 10.1 Å². The van der Waals surface area contributed by atoms with E-state index < -0.39 is 23.6 Å². The summed E-state index contributed by atoms with van der Waals surface area (Å²) < 4.78 is 35.6. The average Bonchev–Trinajstić information content (AvgIpc) is 3.98. The number of rotatable bonds is 11. The van der Waals surface area contributed by atoms with E-state index in [2.05, 4.69) is 70.0 Å². The number of piperidine rings is 2. The van der Waals surface area contributed by atoms with Crippen LogP contribution in [0.15, 0.2) is 77.4 Å². The molecule has 0 radical (unpaired) electrons. The summed E-state index contributed by atoms with van der Waals surface area (Å²) in [6.07, 6.45) is 7.46. The van der Waals surface area contributed by atoms with E-state index in [4.69, 9.17) is 4.52 Å². The molecule has 332 valence electrons. The number of carbonyl (C=O) groups excluding carboxylic acids is 3. The summed E-state index contributed by atoms with van der Waals surface area (Å²) in [6, 6.07) is 20.1. The topological polar surface area (TPSA) is 165 Å². The number of hydrogen-bond acceptors (Lipinski definition) is 10. The number of aromatic nitrogens is 5. The second kappa shape index (κ2) is 17.9. The minimum Gasteiger partial charge on any atom is -0.371 e. The van der Waals surface area contributed by atoms with E-state index in [1.165, 1.54) is 22.6 Å². The molecule has 9 rings (SSSR count). The largest absolute Gasteiger partial charge is 0.371 e. The van der Waals surface area contributed by atoms with Crippen LogP contribution in [0.4, 0.5) is 25.0 Å².